The maximum Gasteiger partial charge on any atom is 0.309 e. The number of aliphatic hydroxyl groups excluding tert-OH is 1. The zero-order valence-electron chi connectivity index (χ0n) is 13.6. The number of unbranched alkanes of at least 4 members (excludes halogenated alkanes) is 6. The molecular weight excluding hydrogens is 264 g/mol. The molecule has 0 bridgehead atoms. The summed E-state index contributed by atoms with van der Waals surface area (Å²) in [5.74, 6) is -1.59. The van der Waals surface area contributed by atoms with Crippen molar-refractivity contribution in [3.8, 4) is 0 Å². The van der Waals surface area contributed by atoms with E-state index in [1.165, 1.54) is 19.3 Å². The third-order valence-electron chi connectivity index (χ3n) is 3.61. The Balaban J connectivity index is 4.07. The molecule has 0 aliphatic rings. The summed E-state index contributed by atoms with van der Waals surface area (Å²) in [4.78, 5) is 11.2. The van der Waals surface area contributed by atoms with Gasteiger partial charge in [0.25, 0.3) is 0 Å². The summed E-state index contributed by atoms with van der Waals surface area (Å²) < 4.78 is 0. The van der Waals surface area contributed by atoms with Gasteiger partial charge in [-0.1, -0.05) is 83.1 Å². The van der Waals surface area contributed by atoms with Gasteiger partial charge in [-0.2, -0.15) is 0 Å². The quantitative estimate of drug-likeness (QED) is 0.382. The number of hydrogen-bond acceptors (Lipinski definition) is 2. The molecule has 0 saturated carbocycles. The molecular formula is C18H32O3. The van der Waals surface area contributed by atoms with Gasteiger partial charge in [-0.15, -0.1) is 0 Å². The van der Waals surface area contributed by atoms with E-state index >= 15 is 0 Å². The number of rotatable bonds is 13. The van der Waals surface area contributed by atoms with Crippen LogP contribution >= 0.6 is 0 Å². The molecule has 0 heterocycles. The maximum absolute atomic E-state index is 11.2. The molecule has 0 saturated heterocycles. The highest BCUT2D eigenvalue weighted by atomic mass is 16.4. The first-order valence-corrected chi connectivity index (χ1v) is 8.37. The lowest BCUT2D eigenvalue weighted by molar-refractivity contribution is -0.144. The van der Waals surface area contributed by atoms with Crippen molar-refractivity contribution in [2.75, 3.05) is 0 Å². The Morgan fingerprint density at radius 3 is 2.29 bits per heavy atom. The lowest BCUT2D eigenvalue weighted by atomic mass is 9.94. The fourth-order valence-corrected chi connectivity index (χ4v) is 2.24. The van der Waals surface area contributed by atoms with E-state index in [0.717, 1.165) is 32.1 Å². The third-order valence-corrected chi connectivity index (χ3v) is 3.61. The normalized spacial score (nSPS) is 14.8. The van der Waals surface area contributed by atoms with Crippen molar-refractivity contribution in [1.82, 2.24) is 0 Å². The van der Waals surface area contributed by atoms with E-state index in [0.29, 0.717) is 6.42 Å². The second kappa shape index (κ2) is 13.9. The second-order valence-electron chi connectivity index (χ2n) is 5.59. The number of hydrogen-bond donors (Lipinski definition) is 2. The maximum atomic E-state index is 11.2. The van der Waals surface area contributed by atoms with Gasteiger partial charge in [-0.05, 0) is 12.8 Å². The molecule has 0 aromatic heterocycles. The molecule has 0 aromatic rings. The molecule has 2 N–H and O–H groups in total. The average molecular weight is 296 g/mol. The molecule has 0 radical (unpaired) electrons. The van der Waals surface area contributed by atoms with Crippen LogP contribution in [0, 0.1) is 5.92 Å². The van der Waals surface area contributed by atoms with Crippen molar-refractivity contribution < 1.29 is 15.0 Å². The summed E-state index contributed by atoms with van der Waals surface area (Å²) in [6.07, 6.45) is 15.7. The third kappa shape index (κ3) is 11.3. The van der Waals surface area contributed by atoms with E-state index in [1.807, 2.05) is 12.2 Å². The van der Waals surface area contributed by atoms with Crippen LogP contribution in [0.25, 0.3) is 0 Å². The number of carbonyl (C=O) groups is 1. The Morgan fingerprint density at radius 2 is 1.67 bits per heavy atom. The van der Waals surface area contributed by atoms with Crippen LogP contribution in [0.2, 0.25) is 0 Å². The molecule has 3 heteroatoms. The number of allylic oxidation sites excluding steroid dienone is 3. The van der Waals surface area contributed by atoms with Gasteiger partial charge >= 0.3 is 5.97 Å². The summed E-state index contributed by atoms with van der Waals surface area (Å²) >= 11 is 0. The molecule has 2 atom stereocenters. The van der Waals surface area contributed by atoms with Gasteiger partial charge in [0.2, 0.25) is 0 Å². The van der Waals surface area contributed by atoms with Crippen LogP contribution in [0.1, 0.15) is 71.6 Å². The lowest BCUT2D eigenvalue weighted by Crippen LogP contribution is -2.26. The Bertz CT molecular complexity index is 308. The van der Waals surface area contributed by atoms with Crippen LogP contribution in [0.15, 0.2) is 24.3 Å². The number of aliphatic hydroxyl groups is 1. The molecule has 0 aromatic carbocycles. The summed E-state index contributed by atoms with van der Waals surface area (Å²) in [5, 5.41) is 19.2. The molecule has 0 spiro atoms. The van der Waals surface area contributed by atoms with E-state index in [9.17, 15) is 15.0 Å². The Kier molecular flexibility index (Phi) is 13.2. The molecule has 2 unspecified atom stereocenters. The van der Waals surface area contributed by atoms with Gasteiger partial charge in [0.1, 0.15) is 0 Å². The molecule has 0 rings (SSSR count). The van der Waals surface area contributed by atoms with Gasteiger partial charge in [-0.3, -0.25) is 4.79 Å². The summed E-state index contributed by atoms with van der Waals surface area (Å²) in [6, 6.07) is 0. The Hall–Kier alpha value is -1.09. The van der Waals surface area contributed by atoms with Crippen molar-refractivity contribution in [3.63, 3.8) is 0 Å². The predicted octanol–water partition coefficient (Wildman–Crippen LogP) is 4.71. The van der Waals surface area contributed by atoms with Gasteiger partial charge in [0, 0.05) is 0 Å². The fourth-order valence-electron chi connectivity index (χ4n) is 2.24. The van der Waals surface area contributed by atoms with Gasteiger partial charge in [0.15, 0.2) is 0 Å². The van der Waals surface area contributed by atoms with Crippen molar-refractivity contribution in [2.45, 2.75) is 77.7 Å². The van der Waals surface area contributed by atoms with E-state index in [1.54, 1.807) is 12.2 Å². The minimum Gasteiger partial charge on any atom is -0.481 e. The Morgan fingerprint density at radius 1 is 1.00 bits per heavy atom. The predicted molar refractivity (Wildman–Crippen MR) is 88.3 cm³/mol. The van der Waals surface area contributed by atoms with Crippen molar-refractivity contribution in [1.29, 1.82) is 0 Å². The SMILES string of the molecule is CCCC=CC=CC(O)C(CCCCCCCC)C(=O)O. The van der Waals surface area contributed by atoms with Crippen LogP contribution in [0.5, 0.6) is 0 Å². The van der Waals surface area contributed by atoms with Crippen molar-refractivity contribution >= 4 is 5.97 Å². The highest BCUT2D eigenvalue weighted by Gasteiger charge is 2.23. The summed E-state index contributed by atoms with van der Waals surface area (Å²) in [6.45, 7) is 4.28. The smallest absolute Gasteiger partial charge is 0.309 e. The molecule has 21 heavy (non-hydrogen) atoms. The minimum absolute atomic E-state index is 0.547. The number of carboxylic acids is 1. The highest BCUT2D eigenvalue weighted by Crippen LogP contribution is 2.17. The average Bonchev–Trinajstić information content (AvgIpc) is 2.45. The van der Waals surface area contributed by atoms with E-state index in [4.69, 9.17) is 0 Å². The van der Waals surface area contributed by atoms with E-state index < -0.39 is 18.0 Å². The van der Waals surface area contributed by atoms with Crippen LogP contribution in [0.3, 0.4) is 0 Å². The molecule has 0 aliphatic heterocycles. The molecule has 3 nitrogen and oxygen atoms in total. The zero-order chi connectivity index (χ0) is 15.9. The monoisotopic (exact) mass is 296 g/mol. The standard InChI is InChI=1S/C18H32O3/c1-3-5-7-9-11-12-14-16(18(20)21)17(19)15-13-10-8-6-4-2/h8,10,13,15-17,19H,3-7,9,11-12,14H2,1-2H3,(H,20,21). The largest absolute Gasteiger partial charge is 0.481 e. The fraction of sp³-hybridized carbons (Fsp3) is 0.722. The number of aliphatic carboxylic acids is 1. The van der Waals surface area contributed by atoms with Crippen molar-refractivity contribution in [3.05, 3.63) is 24.3 Å². The summed E-state index contributed by atoms with van der Waals surface area (Å²) in [7, 11) is 0. The Labute approximate surface area is 129 Å². The first-order chi connectivity index (χ1) is 10.1. The lowest BCUT2D eigenvalue weighted by Gasteiger charge is -2.15. The molecule has 0 amide bonds. The second-order valence-corrected chi connectivity index (χ2v) is 5.59. The van der Waals surface area contributed by atoms with Crippen molar-refractivity contribution in [2.24, 2.45) is 5.92 Å². The number of carboxylic acid groups (broad SMARTS) is 1. The first kappa shape index (κ1) is 19.9. The van der Waals surface area contributed by atoms with Crippen LogP contribution in [-0.2, 0) is 4.79 Å². The molecule has 0 fully saturated rings. The van der Waals surface area contributed by atoms with E-state index in [-0.39, 0.29) is 0 Å². The highest BCUT2D eigenvalue weighted by molar-refractivity contribution is 5.71. The van der Waals surface area contributed by atoms with Crippen LogP contribution < -0.4 is 0 Å². The molecule has 0 aliphatic carbocycles. The summed E-state index contributed by atoms with van der Waals surface area (Å²) in [5.41, 5.74) is 0. The van der Waals surface area contributed by atoms with Gasteiger partial charge in [-0.25, -0.2) is 0 Å². The van der Waals surface area contributed by atoms with Crippen LogP contribution in [-0.4, -0.2) is 22.3 Å². The van der Waals surface area contributed by atoms with E-state index in [2.05, 4.69) is 13.8 Å². The zero-order valence-corrected chi connectivity index (χ0v) is 13.6. The first-order valence-electron chi connectivity index (χ1n) is 8.37. The van der Waals surface area contributed by atoms with Gasteiger partial charge in [0.05, 0.1) is 12.0 Å². The topological polar surface area (TPSA) is 57.5 Å². The van der Waals surface area contributed by atoms with Gasteiger partial charge < -0.3 is 10.2 Å². The van der Waals surface area contributed by atoms with Crippen LogP contribution in [0.4, 0.5) is 0 Å². The minimum atomic E-state index is -0.904. The molecule has 122 valence electrons.